The van der Waals surface area contributed by atoms with Crippen LogP contribution in [0.2, 0.25) is 16.6 Å². The van der Waals surface area contributed by atoms with Crippen LogP contribution in [-0.2, 0) is 4.74 Å². The summed E-state index contributed by atoms with van der Waals surface area (Å²) in [6, 6.07) is 4.43. The van der Waals surface area contributed by atoms with Crippen molar-refractivity contribution >= 4 is 20.3 Å². The highest BCUT2D eigenvalue weighted by Gasteiger charge is 2.47. The van der Waals surface area contributed by atoms with Crippen LogP contribution in [0.25, 0.3) is 0 Å². The highest BCUT2D eigenvalue weighted by atomic mass is 28.4. The van der Waals surface area contributed by atoms with Crippen molar-refractivity contribution < 1.29 is 23.9 Å². The second-order valence-electron chi connectivity index (χ2n) is 7.19. The van der Waals surface area contributed by atoms with Crippen LogP contribution < -0.4 is 4.43 Å². The van der Waals surface area contributed by atoms with Gasteiger partial charge < -0.3 is 14.3 Å². The molecule has 6 heteroatoms. The molecule has 0 aliphatic rings. The summed E-state index contributed by atoms with van der Waals surface area (Å²) in [7, 11) is -2.25. The molecule has 0 unspecified atom stereocenters. The highest BCUT2D eigenvalue weighted by molar-refractivity contribution is 6.78. The van der Waals surface area contributed by atoms with Crippen molar-refractivity contribution in [2.45, 2.75) is 65.1 Å². The molecule has 0 spiro atoms. The van der Waals surface area contributed by atoms with Crippen LogP contribution in [0.1, 0.15) is 69.2 Å². The van der Waals surface area contributed by atoms with Crippen molar-refractivity contribution in [1.82, 2.24) is 0 Å². The zero-order valence-corrected chi connectivity index (χ0v) is 17.3. The van der Waals surface area contributed by atoms with Crippen LogP contribution in [0, 0.1) is 0 Å². The van der Waals surface area contributed by atoms with Gasteiger partial charge in [0.2, 0.25) is 0 Å². The molecule has 1 rings (SSSR count). The minimum atomic E-state index is -2.25. The topological polar surface area (TPSA) is 72.8 Å². The number of carboxylic acid groups (broad SMARTS) is 1. The van der Waals surface area contributed by atoms with Crippen LogP contribution in [0.4, 0.5) is 0 Å². The molecule has 0 bridgehead atoms. The predicted molar refractivity (Wildman–Crippen MR) is 101 cm³/mol. The van der Waals surface area contributed by atoms with Crippen molar-refractivity contribution in [3.63, 3.8) is 0 Å². The highest BCUT2D eigenvalue weighted by Crippen LogP contribution is 2.43. The molecule has 1 N–H and O–H groups in total. The predicted octanol–water partition coefficient (Wildman–Crippen LogP) is 5.12. The van der Waals surface area contributed by atoms with E-state index < -0.39 is 20.3 Å². The molecule has 0 saturated heterocycles. The molecule has 0 atom stereocenters. The molecular formula is C19H30O5Si. The monoisotopic (exact) mass is 366 g/mol. The fraction of sp³-hybridized carbons (Fsp3) is 0.579. The number of ether oxygens (including phenoxy) is 1. The molecule has 140 valence electrons. The Bertz CT molecular complexity index is 600. The van der Waals surface area contributed by atoms with Gasteiger partial charge in [0.25, 0.3) is 8.32 Å². The van der Waals surface area contributed by atoms with Gasteiger partial charge in [-0.2, -0.15) is 0 Å². The van der Waals surface area contributed by atoms with Crippen molar-refractivity contribution in [1.29, 1.82) is 0 Å². The van der Waals surface area contributed by atoms with Gasteiger partial charge in [0, 0.05) is 0 Å². The van der Waals surface area contributed by atoms with E-state index in [0.29, 0.717) is 22.4 Å². The molecule has 0 aromatic heterocycles. The van der Waals surface area contributed by atoms with E-state index in [-0.39, 0.29) is 17.7 Å². The van der Waals surface area contributed by atoms with Gasteiger partial charge >= 0.3 is 11.9 Å². The Morgan fingerprint density at radius 3 is 1.84 bits per heavy atom. The Morgan fingerprint density at radius 1 is 0.960 bits per heavy atom. The lowest BCUT2D eigenvalue weighted by Gasteiger charge is -2.42. The van der Waals surface area contributed by atoms with Crippen LogP contribution in [0.5, 0.6) is 5.75 Å². The Morgan fingerprint density at radius 2 is 1.44 bits per heavy atom. The average molecular weight is 367 g/mol. The number of hydrogen-bond acceptors (Lipinski definition) is 4. The zero-order chi connectivity index (χ0) is 19.4. The lowest BCUT2D eigenvalue weighted by atomic mass is 10.1. The van der Waals surface area contributed by atoms with Crippen molar-refractivity contribution in [2.75, 3.05) is 6.61 Å². The van der Waals surface area contributed by atoms with E-state index in [0.717, 1.165) is 0 Å². The number of aromatic carboxylic acids is 1. The number of hydrogen-bond donors (Lipinski definition) is 1. The summed E-state index contributed by atoms with van der Waals surface area (Å²) >= 11 is 0. The molecule has 0 aliphatic carbocycles. The molecule has 0 fully saturated rings. The number of carboxylic acids is 1. The molecule has 1 aromatic carbocycles. The third-order valence-electron chi connectivity index (χ3n) is 4.67. The minimum Gasteiger partial charge on any atom is -0.543 e. The zero-order valence-electron chi connectivity index (χ0n) is 16.3. The molecule has 0 heterocycles. The number of esters is 1. The molecule has 1 aromatic rings. The van der Waals surface area contributed by atoms with E-state index >= 15 is 0 Å². The van der Waals surface area contributed by atoms with Crippen LogP contribution >= 0.6 is 0 Å². The lowest BCUT2D eigenvalue weighted by Crippen LogP contribution is -2.50. The van der Waals surface area contributed by atoms with Gasteiger partial charge in [0.15, 0.2) is 0 Å². The van der Waals surface area contributed by atoms with Crippen LogP contribution in [-0.4, -0.2) is 32.0 Å². The first-order valence-electron chi connectivity index (χ1n) is 8.80. The summed E-state index contributed by atoms with van der Waals surface area (Å²) in [6.07, 6.45) is 0. The molecule has 0 amide bonds. The fourth-order valence-corrected chi connectivity index (χ4v) is 8.90. The van der Waals surface area contributed by atoms with Crippen molar-refractivity contribution in [3.8, 4) is 5.75 Å². The Hall–Kier alpha value is -1.82. The number of benzene rings is 1. The molecule has 5 nitrogen and oxygen atoms in total. The van der Waals surface area contributed by atoms with Crippen molar-refractivity contribution in [3.05, 3.63) is 29.3 Å². The van der Waals surface area contributed by atoms with Crippen molar-refractivity contribution in [2.24, 2.45) is 0 Å². The number of rotatable bonds is 8. The van der Waals surface area contributed by atoms with Crippen LogP contribution in [0.15, 0.2) is 18.2 Å². The third-order valence-corrected chi connectivity index (χ3v) is 10.7. The SMILES string of the molecule is CCOC(=O)c1cc(O[Si](C(C)C)(C(C)C)C(C)C)cc(C(=O)O)c1. The second-order valence-corrected chi connectivity index (χ2v) is 12.6. The van der Waals surface area contributed by atoms with Gasteiger partial charge in [0.05, 0.1) is 17.7 Å². The van der Waals surface area contributed by atoms with E-state index in [1.54, 1.807) is 13.0 Å². The second kappa shape index (κ2) is 8.51. The largest absolute Gasteiger partial charge is 0.543 e. The summed E-state index contributed by atoms with van der Waals surface area (Å²) < 4.78 is 11.5. The van der Waals surface area contributed by atoms with E-state index in [2.05, 4.69) is 41.5 Å². The fourth-order valence-electron chi connectivity index (χ4n) is 3.67. The van der Waals surface area contributed by atoms with Gasteiger partial charge in [-0.25, -0.2) is 9.59 Å². The smallest absolute Gasteiger partial charge is 0.338 e. The number of carbonyl (C=O) groups is 2. The maximum absolute atomic E-state index is 12.1. The third kappa shape index (κ3) is 4.63. The maximum Gasteiger partial charge on any atom is 0.338 e. The first-order chi connectivity index (χ1) is 11.6. The van der Waals surface area contributed by atoms with E-state index in [1.165, 1.54) is 12.1 Å². The van der Waals surface area contributed by atoms with E-state index in [1.807, 2.05) is 0 Å². The van der Waals surface area contributed by atoms with Gasteiger partial charge in [-0.1, -0.05) is 41.5 Å². The summed E-state index contributed by atoms with van der Waals surface area (Å²) in [6.45, 7) is 14.9. The summed E-state index contributed by atoms with van der Waals surface area (Å²) in [5.74, 6) is -1.20. The standard InChI is InChI=1S/C19H30O5Si/c1-8-23-19(22)16-9-15(18(20)21)10-17(11-16)24-25(12(2)3,13(4)5)14(6)7/h9-14H,8H2,1-7H3,(H,20,21). The summed E-state index contributed by atoms with van der Waals surface area (Å²) in [5, 5.41) is 9.37. The van der Waals surface area contributed by atoms with Gasteiger partial charge in [-0.05, 0) is 41.7 Å². The molecule has 0 aliphatic heterocycles. The van der Waals surface area contributed by atoms with Gasteiger partial charge in [-0.15, -0.1) is 0 Å². The Balaban J connectivity index is 3.44. The van der Waals surface area contributed by atoms with Gasteiger partial charge in [0.1, 0.15) is 5.75 Å². The molecule has 25 heavy (non-hydrogen) atoms. The first kappa shape index (κ1) is 21.2. The lowest BCUT2D eigenvalue weighted by molar-refractivity contribution is 0.0526. The van der Waals surface area contributed by atoms with Gasteiger partial charge in [-0.3, -0.25) is 0 Å². The van der Waals surface area contributed by atoms with E-state index in [9.17, 15) is 14.7 Å². The normalized spacial score (nSPS) is 11.9. The minimum absolute atomic E-state index is 0.0275. The molecule has 0 saturated carbocycles. The summed E-state index contributed by atoms with van der Waals surface area (Å²) in [4.78, 5) is 23.5. The maximum atomic E-state index is 12.1. The summed E-state index contributed by atoms with van der Waals surface area (Å²) in [5.41, 5.74) is 1.25. The quantitative estimate of drug-likeness (QED) is 0.511. The first-order valence-corrected chi connectivity index (χ1v) is 10.9. The van der Waals surface area contributed by atoms with Crippen LogP contribution in [0.3, 0.4) is 0 Å². The molecule has 0 radical (unpaired) electrons. The average Bonchev–Trinajstić information content (AvgIpc) is 2.51. The van der Waals surface area contributed by atoms with E-state index in [4.69, 9.17) is 9.16 Å². The number of carbonyl (C=O) groups excluding carboxylic acids is 1. The Kier molecular flexibility index (Phi) is 7.23. The molecular weight excluding hydrogens is 336 g/mol. The Labute approximate surface area is 151 Å².